The number of fused-ring (bicyclic) bond motifs is 1. The quantitative estimate of drug-likeness (QED) is 0.313. The lowest BCUT2D eigenvalue weighted by Gasteiger charge is -2.23. The van der Waals surface area contributed by atoms with Crippen LogP contribution in [0.4, 0.5) is 0 Å². The third-order valence-corrected chi connectivity index (χ3v) is 5.73. The molecule has 3 N–H and O–H groups in total. The number of aryl methyl sites for hydroxylation is 3. The Morgan fingerprint density at radius 1 is 1.27 bits per heavy atom. The van der Waals surface area contributed by atoms with E-state index in [0.29, 0.717) is 5.96 Å². The number of aliphatic imine (C=N–C) groups is 1. The van der Waals surface area contributed by atoms with Gasteiger partial charge in [-0.05, 0) is 50.9 Å². The average Bonchev–Trinajstić information content (AvgIpc) is 2.84. The Hall–Kier alpha value is -0.370. The number of nitrogens with zero attached hydrogens (tertiary/aromatic N) is 2. The molecule has 1 fully saturated rings. The summed E-state index contributed by atoms with van der Waals surface area (Å²) in [6, 6.07) is 0. The summed E-state index contributed by atoms with van der Waals surface area (Å²) in [5.41, 5.74) is 7.26. The zero-order chi connectivity index (χ0) is 14.5. The lowest BCUT2D eigenvalue weighted by atomic mass is 9.86. The monoisotopic (exact) mass is 434 g/mol. The van der Waals surface area contributed by atoms with Crippen molar-refractivity contribution < 1.29 is 0 Å². The lowest BCUT2D eigenvalue weighted by Crippen LogP contribution is -2.33. The van der Waals surface area contributed by atoms with E-state index >= 15 is 0 Å². The predicted molar refractivity (Wildman–Crippen MR) is 104 cm³/mol. The van der Waals surface area contributed by atoms with Gasteiger partial charge < -0.3 is 11.1 Å². The van der Waals surface area contributed by atoms with Crippen LogP contribution in [0.1, 0.15) is 54.1 Å². The van der Waals surface area contributed by atoms with E-state index in [-0.39, 0.29) is 24.0 Å². The molecular weight excluding hydrogens is 407 g/mol. The minimum Gasteiger partial charge on any atom is -0.370 e. The Morgan fingerprint density at radius 3 is 2.82 bits per heavy atom. The number of hydrogen-bond donors (Lipinski definition) is 2. The van der Waals surface area contributed by atoms with Crippen molar-refractivity contribution in [1.29, 1.82) is 0 Å². The van der Waals surface area contributed by atoms with Gasteiger partial charge in [0.2, 0.25) is 0 Å². The SMILES string of the molecule is I.NC(=NCC1CCC1)NCCCc1nc2c(s1)CCCC2. The van der Waals surface area contributed by atoms with Crippen molar-refractivity contribution in [1.82, 2.24) is 10.3 Å². The van der Waals surface area contributed by atoms with E-state index in [1.54, 1.807) is 0 Å². The van der Waals surface area contributed by atoms with Crippen molar-refractivity contribution >= 4 is 41.3 Å². The maximum Gasteiger partial charge on any atom is 0.188 e. The number of hydrogen-bond acceptors (Lipinski definition) is 3. The highest BCUT2D eigenvalue weighted by Gasteiger charge is 2.16. The van der Waals surface area contributed by atoms with Crippen molar-refractivity contribution in [2.24, 2.45) is 16.6 Å². The molecule has 0 spiro atoms. The van der Waals surface area contributed by atoms with Crippen LogP contribution in [0.5, 0.6) is 0 Å². The molecule has 0 unspecified atom stereocenters. The third kappa shape index (κ3) is 5.08. The molecule has 1 saturated carbocycles. The molecule has 124 valence electrons. The van der Waals surface area contributed by atoms with Gasteiger partial charge in [-0.15, -0.1) is 35.3 Å². The minimum absolute atomic E-state index is 0. The first-order chi connectivity index (χ1) is 10.3. The second-order valence-electron chi connectivity index (χ2n) is 6.24. The topological polar surface area (TPSA) is 63.3 Å². The van der Waals surface area contributed by atoms with Gasteiger partial charge in [0.05, 0.1) is 10.7 Å². The molecule has 0 aliphatic heterocycles. The van der Waals surface area contributed by atoms with E-state index in [0.717, 1.165) is 31.8 Å². The Morgan fingerprint density at radius 2 is 2.09 bits per heavy atom. The van der Waals surface area contributed by atoms with Gasteiger partial charge >= 0.3 is 0 Å². The standard InChI is InChI=1S/C16H26N4S.HI/c17-16(19-11-12-5-3-6-12)18-10-4-9-15-20-13-7-1-2-8-14(13)21-15;/h12H,1-11H2,(H3,17,18,19);1H. The molecule has 0 amide bonds. The van der Waals surface area contributed by atoms with Gasteiger partial charge in [-0.1, -0.05) is 6.42 Å². The van der Waals surface area contributed by atoms with Gasteiger partial charge in [-0.2, -0.15) is 0 Å². The van der Waals surface area contributed by atoms with E-state index < -0.39 is 0 Å². The summed E-state index contributed by atoms with van der Waals surface area (Å²) in [6.07, 6.45) is 11.2. The van der Waals surface area contributed by atoms with Crippen molar-refractivity contribution in [2.45, 2.75) is 57.8 Å². The fourth-order valence-electron chi connectivity index (χ4n) is 2.93. The Balaban J connectivity index is 0.00000176. The Kier molecular flexibility index (Phi) is 7.40. The first-order valence-corrected chi connectivity index (χ1v) is 9.14. The molecule has 2 aliphatic rings. The van der Waals surface area contributed by atoms with Crippen LogP contribution in [0.2, 0.25) is 0 Å². The number of nitrogens with two attached hydrogens (primary N) is 1. The predicted octanol–water partition coefficient (Wildman–Crippen LogP) is 3.28. The molecule has 1 aromatic rings. The number of halogens is 1. The van der Waals surface area contributed by atoms with Crippen molar-refractivity contribution in [2.75, 3.05) is 13.1 Å². The fraction of sp³-hybridized carbons (Fsp3) is 0.750. The average molecular weight is 434 g/mol. The second-order valence-corrected chi connectivity index (χ2v) is 7.41. The van der Waals surface area contributed by atoms with Crippen molar-refractivity contribution in [3.63, 3.8) is 0 Å². The number of guanidine groups is 1. The van der Waals surface area contributed by atoms with Crippen LogP contribution in [0.3, 0.4) is 0 Å². The summed E-state index contributed by atoms with van der Waals surface area (Å²) in [4.78, 5) is 10.7. The van der Waals surface area contributed by atoms with Crippen LogP contribution in [0.15, 0.2) is 4.99 Å². The highest BCUT2D eigenvalue weighted by molar-refractivity contribution is 14.0. The first-order valence-electron chi connectivity index (χ1n) is 8.32. The molecule has 6 heteroatoms. The second kappa shape index (κ2) is 9.05. The molecule has 1 heterocycles. The third-order valence-electron chi connectivity index (χ3n) is 4.51. The molecule has 0 bridgehead atoms. The molecule has 4 nitrogen and oxygen atoms in total. The smallest absolute Gasteiger partial charge is 0.188 e. The summed E-state index contributed by atoms with van der Waals surface area (Å²) < 4.78 is 0. The van der Waals surface area contributed by atoms with Gasteiger partial charge in [0.25, 0.3) is 0 Å². The van der Waals surface area contributed by atoms with Crippen molar-refractivity contribution in [3.05, 3.63) is 15.6 Å². The van der Waals surface area contributed by atoms with E-state index in [9.17, 15) is 0 Å². The number of rotatable bonds is 6. The summed E-state index contributed by atoms with van der Waals surface area (Å²) >= 11 is 1.92. The number of aromatic nitrogens is 1. The van der Waals surface area contributed by atoms with E-state index in [4.69, 9.17) is 10.7 Å². The molecule has 3 rings (SSSR count). The molecule has 22 heavy (non-hydrogen) atoms. The molecule has 0 saturated heterocycles. The molecule has 1 aromatic heterocycles. The normalized spacial score (nSPS) is 18.3. The van der Waals surface area contributed by atoms with Gasteiger partial charge in [0.1, 0.15) is 0 Å². The molecular formula is C16H27IN4S. The molecule has 2 aliphatic carbocycles. The molecule has 0 aromatic carbocycles. The van der Waals surface area contributed by atoms with E-state index in [1.807, 2.05) is 11.3 Å². The van der Waals surface area contributed by atoms with Gasteiger partial charge in [0.15, 0.2) is 5.96 Å². The van der Waals surface area contributed by atoms with E-state index in [2.05, 4.69) is 10.3 Å². The van der Waals surface area contributed by atoms with Crippen LogP contribution in [-0.4, -0.2) is 24.0 Å². The van der Waals surface area contributed by atoms with Crippen LogP contribution in [0.25, 0.3) is 0 Å². The highest BCUT2D eigenvalue weighted by Crippen LogP contribution is 2.27. The van der Waals surface area contributed by atoms with Crippen molar-refractivity contribution in [3.8, 4) is 0 Å². The minimum atomic E-state index is 0. The van der Waals surface area contributed by atoms with Crippen LogP contribution >= 0.6 is 35.3 Å². The zero-order valence-electron chi connectivity index (χ0n) is 13.1. The maximum atomic E-state index is 5.89. The summed E-state index contributed by atoms with van der Waals surface area (Å²) in [5, 5.41) is 4.52. The van der Waals surface area contributed by atoms with Gasteiger partial charge in [0, 0.05) is 24.4 Å². The largest absolute Gasteiger partial charge is 0.370 e. The Bertz CT molecular complexity index is 473. The molecule has 0 radical (unpaired) electrons. The summed E-state index contributed by atoms with van der Waals surface area (Å²) in [7, 11) is 0. The van der Waals surface area contributed by atoms with Crippen LogP contribution in [-0.2, 0) is 19.3 Å². The van der Waals surface area contributed by atoms with Gasteiger partial charge in [-0.25, -0.2) is 4.98 Å². The van der Waals surface area contributed by atoms with Gasteiger partial charge in [-0.3, -0.25) is 4.99 Å². The fourth-order valence-corrected chi connectivity index (χ4v) is 4.13. The maximum absolute atomic E-state index is 5.89. The van der Waals surface area contributed by atoms with E-state index in [1.165, 1.54) is 60.5 Å². The highest BCUT2D eigenvalue weighted by atomic mass is 127. The zero-order valence-corrected chi connectivity index (χ0v) is 16.3. The number of thiazole rings is 1. The summed E-state index contributed by atoms with van der Waals surface area (Å²) in [5.74, 6) is 1.40. The van der Waals surface area contributed by atoms with Crippen LogP contribution < -0.4 is 11.1 Å². The Labute approximate surface area is 154 Å². The summed E-state index contributed by atoms with van der Waals surface area (Å²) in [6.45, 7) is 1.79. The first kappa shape index (κ1) is 18.0. The lowest BCUT2D eigenvalue weighted by molar-refractivity contribution is 0.326. The molecule has 0 atom stereocenters. The number of nitrogens with one attached hydrogen (secondary N) is 1. The van der Waals surface area contributed by atoms with Crippen LogP contribution in [0, 0.1) is 5.92 Å².